The van der Waals surface area contributed by atoms with E-state index >= 15 is 0 Å². The van der Waals surface area contributed by atoms with E-state index in [2.05, 4.69) is 32.9 Å². The lowest BCUT2D eigenvalue weighted by atomic mass is 9.77. The minimum absolute atomic E-state index is 0.0727. The highest BCUT2D eigenvalue weighted by atomic mass is 32.7. The molecular formula is C23H35O4PS. The van der Waals surface area contributed by atoms with Crippen molar-refractivity contribution in [1.29, 1.82) is 0 Å². The SMILES string of the molecule is CCCSP(=O)(OCC)OC1=C(c2c(C)cc(C)cc2C)C(=O)CC(C(C)C)C1. The van der Waals surface area contributed by atoms with Gasteiger partial charge in [0.2, 0.25) is 0 Å². The van der Waals surface area contributed by atoms with Gasteiger partial charge in [-0.05, 0) is 74.0 Å². The molecule has 0 heterocycles. The first-order chi connectivity index (χ1) is 13.6. The quantitative estimate of drug-likeness (QED) is 0.380. The predicted octanol–water partition coefficient (Wildman–Crippen LogP) is 7.26. The maximum Gasteiger partial charge on any atom is 0.439 e. The van der Waals surface area contributed by atoms with Gasteiger partial charge in [-0.1, -0.05) is 38.5 Å². The summed E-state index contributed by atoms with van der Waals surface area (Å²) in [5.74, 6) is 1.82. The number of hydrogen-bond acceptors (Lipinski definition) is 5. The summed E-state index contributed by atoms with van der Waals surface area (Å²) in [6.45, 7) is 11.1. The lowest BCUT2D eigenvalue weighted by Gasteiger charge is -2.31. The second kappa shape index (κ2) is 10.3. The van der Waals surface area contributed by atoms with Gasteiger partial charge in [-0.3, -0.25) is 9.32 Å². The molecule has 1 aliphatic rings. The molecule has 0 aromatic heterocycles. The van der Waals surface area contributed by atoms with Gasteiger partial charge in [0, 0.05) is 18.6 Å². The highest BCUT2D eigenvalue weighted by Crippen LogP contribution is 2.63. The lowest BCUT2D eigenvalue weighted by molar-refractivity contribution is -0.115. The van der Waals surface area contributed by atoms with Crippen LogP contribution in [0, 0.1) is 32.6 Å². The van der Waals surface area contributed by atoms with Gasteiger partial charge in [0.25, 0.3) is 0 Å². The first-order valence-electron chi connectivity index (χ1n) is 10.5. The number of carbonyl (C=O) groups is 1. The van der Waals surface area contributed by atoms with Crippen molar-refractivity contribution in [3.63, 3.8) is 0 Å². The molecule has 0 amide bonds. The molecular weight excluding hydrogens is 403 g/mol. The largest absolute Gasteiger partial charge is 0.439 e. The van der Waals surface area contributed by atoms with Gasteiger partial charge in [-0.25, -0.2) is 4.57 Å². The van der Waals surface area contributed by atoms with E-state index in [-0.39, 0.29) is 11.7 Å². The zero-order valence-electron chi connectivity index (χ0n) is 18.8. The monoisotopic (exact) mass is 438 g/mol. The normalized spacial score (nSPS) is 19.6. The van der Waals surface area contributed by atoms with Gasteiger partial charge in [0.15, 0.2) is 5.78 Å². The third kappa shape index (κ3) is 5.99. The highest BCUT2D eigenvalue weighted by molar-refractivity contribution is 8.55. The van der Waals surface area contributed by atoms with Gasteiger partial charge >= 0.3 is 6.80 Å². The van der Waals surface area contributed by atoms with Crippen molar-refractivity contribution in [3.8, 4) is 0 Å². The molecule has 0 N–H and O–H groups in total. The number of Topliss-reactive ketones (excluding diaryl/α,β-unsaturated/α-hetero) is 1. The summed E-state index contributed by atoms with van der Waals surface area (Å²) in [5, 5.41) is 0. The van der Waals surface area contributed by atoms with E-state index in [0.717, 1.165) is 28.7 Å². The summed E-state index contributed by atoms with van der Waals surface area (Å²) < 4.78 is 25.1. The van der Waals surface area contributed by atoms with Crippen LogP contribution >= 0.6 is 18.2 Å². The summed E-state index contributed by atoms with van der Waals surface area (Å²) in [6, 6.07) is 4.17. The van der Waals surface area contributed by atoms with Crippen molar-refractivity contribution >= 4 is 29.5 Å². The number of hydrogen-bond donors (Lipinski definition) is 0. The average molecular weight is 439 g/mol. The first kappa shape index (κ1) is 24.2. The number of rotatable bonds is 9. The number of ketones is 1. The van der Waals surface area contributed by atoms with Crippen LogP contribution in [0.25, 0.3) is 5.57 Å². The molecule has 2 atom stereocenters. The first-order valence-corrected chi connectivity index (χ1v) is 13.7. The van der Waals surface area contributed by atoms with Gasteiger partial charge in [0.05, 0.1) is 12.2 Å². The molecule has 4 nitrogen and oxygen atoms in total. The molecule has 0 radical (unpaired) electrons. The Morgan fingerprint density at radius 1 is 1.14 bits per heavy atom. The molecule has 0 bridgehead atoms. The summed E-state index contributed by atoms with van der Waals surface area (Å²) in [4.78, 5) is 13.3. The molecule has 0 saturated carbocycles. The zero-order valence-corrected chi connectivity index (χ0v) is 20.5. The van der Waals surface area contributed by atoms with Crippen LogP contribution in [0.4, 0.5) is 0 Å². The molecule has 1 aromatic rings. The standard InChI is InChI=1S/C23H35O4PS/c1-8-10-29-28(25,26-9-2)27-21-14-19(15(3)4)13-20(24)23(21)22-17(6)11-16(5)12-18(22)7/h11-12,15,19H,8-10,13-14H2,1-7H3. The number of benzene rings is 1. The summed E-state index contributed by atoms with van der Waals surface area (Å²) >= 11 is 1.23. The third-order valence-corrected chi connectivity index (χ3v) is 9.25. The minimum atomic E-state index is -3.38. The van der Waals surface area contributed by atoms with Crippen LogP contribution in [0.1, 0.15) is 69.2 Å². The Labute approximate surface area is 180 Å². The Kier molecular flexibility index (Phi) is 8.63. The van der Waals surface area contributed by atoms with Crippen molar-refractivity contribution in [2.75, 3.05) is 12.4 Å². The van der Waals surface area contributed by atoms with E-state index in [1.807, 2.05) is 27.7 Å². The minimum Gasteiger partial charge on any atom is -0.421 e. The molecule has 0 spiro atoms. The zero-order chi connectivity index (χ0) is 21.8. The van der Waals surface area contributed by atoms with E-state index < -0.39 is 6.80 Å². The molecule has 162 valence electrons. The van der Waals surface area contributed by atoms with E-state index in [1.165, 1.54) is 11.4 Å². The summed E-state index contributed by atoms with van der Waals surface area (Å²) in [6.07, 6.45) is 1.98. The Hall–Kier alpha value is -1.03. The number of allylic oxidation sites excluding steroid dienone is 2. The maximum atomic E-state index is 13.4. The Morgan fingerprint density at radius 2 is 1.76 bits per heavy atom. The van der Waals surface area contributed by atoms with Crippen molar-refractivity contribution in [3.05, 3.63) is 40.1 Å². The Morgan fingerprint density at radius 3 is 2.28 bits per heavy atom. The second-order valence-electron chi connectivity index (χ2n) is 8.20. The Balaban J connectivity index is 2.62. The van der Waals surface area contributed by atoms with E-state index in [9.17, 15) is 9.36 Å². The van der Waals surface area contributed by atoms with Gasteiger partial charge in [0.1, 0.15) is 5.76 Å². The maximum absolute atomic E-state index is 13.4. The van der Waals surface area contributed by atoms with Crippen LogP contribution < -0.4 is 0 Å². The van der Waals surface area contributed by atoms with Crippen LogP contribution in [0.5, 0.6) is 0 Å². The van der Waals surface area contributed by atoms with E-state index in [0.29, 0.717) is 42.5 Å². The molecule has 0 fully saturated rings. The lowest BCUT2D eigenvalue weighted by Crippen LogP contribution is -2.24. The van der Waals surface area contributed by atoms with Crippen molar-refractivity contribution < 1.29 is 18.4 Å². The van der Waals surface area contributed by atoms with E-state index in [4.69, 9.17) is 9.05 Å². The summed E-state index contributed by atoms with van der Waals surface area (Å²) in [7, 11) is 0. The van der Waals surface area contributed by atoms with Gasteiger partial charge in [-0.15, -0.1) is 0 Å². The second-order valence-corrected chi connectivity index (χ2v) is 12.3. The summed E-state index contributed by atoms with van der Waals surface area (Å²) in [5.41, 5.74) is 4.76. The average Bonchev–Trinajstić information content (AvgIpc) is 2.61. The van der Waals surface area contributed by atoms with Crippen LogP contribution in [-0.2, 0) is 18.4 Å². The van der Waals surface area contributed by atoms with E-state index in [1.54, 1.807) is 0 Å². The fraction of sp³-hybridized carbons (Fsp3) is 0.609. The molecule has 6 heteroatoms. The molecule has 29 heavy (non-hydrogen) atoms. The smallest absolute Gasteiger partial charge is 0.421 e. The van der Waals surface area contributed by atoms with Crippen LogP contribution in [-0.4, -0.2) is 18.1 Å². The van der Waals surface area contributed by atoms with Gasteiger partial charge in [-0.2, -0.15) is 0 Å². The predicted molar refractivity (Wildman–Crippen MR) is 123 cm³/mol. The topological polar surface area (TPSA) is 52.6 Å². The molecule has 1 aliphatic carbocycles. The number of carbonyl (C=O) groups excluding carboxylic acids is 1. The van der Waals surface area contributed by atoms with Crippen LogP contribution in [0.3, 0.4) is 0 Å². The number of aryl methyl sites for hydroxylation is 3. The molecule has 2 rings (SSSR count). The van der Waals surface area contributed by atoms with Crippen LogP contribution in [0.15, 0.2) is 17.9 Å². The highest BCUT2D eigenvalue weighted by Gasteiger charge is 2.37. The molecule has 2 unspecified atom stereocenters. The molecule has 0 aliphatic heterocycles. The van der Waals surface area contributed by atoms with Crippen molar-refractivity contribution in [1.82, 2.24) is 0 Å². The van der Waals surface area contributed by atoms with Crippen LogP contribution in [0.2, 0.25) is 0 Å². The van der Waals surface area contributed by atoms with Crippen molar-refractivity contribution in [2.24, 2.45) is 11.8 Å². The third-order valence-electron chi connectivity index (χ3n) is 5.29. The Bertz CT molecular complexity index is 805. The van der Waals surface area contributed by atoms with Crippen molar-refractivity contribution in [2.45, 2.75) is 67.7 Å². The molecule has 1 aromatic carbocycles. The fourth-order valence-corrected chi connectivity index (χ4v) is 7.43. The molecule has 0 saturated heterocycles. The van der Waals surface area contributed by atoms with Gasteiger partial charge < -0.3 is 4.52 Å². The fourth-order valence-electron chi connectivity index (χ4n) is 3.90.